The molecule has 0 amide bonds. The highest BCUT2D eigenvalue weighted by molar-refractivity contribution is 6.17. The predicted octanol–water partition coefficient (Wildman–Crippen LogP) is 2.75. The van der Waals surface area contributed by atoms with E-state index in [2.05, 4.69) is 0 Å². The van der Waals surface area contributed by atoms with E-state index in [-0.39, 0.29) is 0 Å². The van der Waals surface area contributed by atoms with Gasteiger partial charge in [0.05, 0.1) is 0 Å². The van der Waals surface area contributed by atoms with E-state index in [4.69, 9.17) is 11.6 Å². The second-order valence-corrected chi connectivity index (χ2v) is 1.81. The molecule has 1 heteroatoms. The van der Waals surface area contributed by atoms with Gasteiger partial charge in [-0.05, 0) is 13.3 Å². The fourth-order valence-electron chi connectivity index (χ4n) is 0.349. The molecular weight excluding hydrogens is 120 g/mol. The summed E-state index contributed by atoms with van der Waals surface area (Å²) in [5, 5.41) is 0. The van der Waals surface area contributed by atoms with Crippen molar-refractivity contribution in [3.8, 4) is 0 Å². The lowest BCUT2D eigenvalue weighted by molar-refractivity contribution is 1.23. The van der Waals surface area contributed by atoms with Gasteiger partial charge in [0, 0.05) is 5.88 Å². The number of halogens is 1. The monoisotopic (exact) mass is 130 g/mol. The lowest BCUT2D eigenvalue weighted by Crippen LogP contribution is -1.63. The normalized spacial score (nSPS) is 11.8. The van der Waals surface area contributed by atoms with E-state index in [0.717, 1.165) is 6.42 Å². The van der Waals surface area contributed by atoms with Crippen LogP contribution < -0.4 is 0 Å². The Morgan fingerprint density at radius 1 is 1.38 bits per heavy atom. The molecule has 0 N–H and O–H groups in total. The molecule has 0 spiro atoms. The van der Waals surface area contributed by atoms with Crippen LogP contribution in [0.25, 0.3) is 0 Å². The highest BCUT2D eigenvalue weighted by atomic mass is 35.5. The van der Waals surface area contributed by atoms with Crippen molar-refractivity contribution >= 4 is 11.6 Å². The van der Waals surface area contributed by atoms with Crippen molar-refractivity contribution < 1.29 is 0 Å². The highest BCUT2D eigenvalue weighted by Crippen LogP contribution is 1.86. The molecule has 0 aliphatic rings. The summed E-state index contributed by atoms with van der Waals surface area (Å²) in [7, 11) is 0. The molecule has 0 rings (SSSR count). The molecule has 0 aliphatic heterocycles. The predicted molar refractivity (Wildman–Crippen MR) is 39.3 cm³/mol. The molecule has 0 aromatic heterocycles. The van der Waals surface area contributed by atoms with E-state index in [0.29, 0.717) is 5.88 Å². The summed E-state index contributed by atoms with van der Waals surface area (Å²) in [5.74, 6) is 0.716. The summed E-state index contributed by atoms with van der Waals surface area (Å²) in [4.78, 5) is 0. The first-order valence-electron chi connectivity index (χ1n) is 2.75. The molecule has 0 nitrogen and oxygen atoms in total. The summed E-state index contributed by atoms with van der Waals surface area (Å²) in [5.41, 5.74) is 0. The maximum Gasteiger partial charge on any atom is 0.0258 e. The van der Waals surface area contributed by atoms with E-state index in [1.807, 2.05) is 31.2 Å². The Hall–Kier alpha value is -0.230. The highest BCUT2D eigenvalue weighted by Gasteiger charge is 1.68. The van der Waals surface area contributed by atoms with Crippen molar-refractivity contribution in [3.63, 3.8) is 0 Å². The van der Waals surface area contributed by atoms with Crippen molar-refractivity contribution in [2.45, 2.75) is 13.3 Å². The largest absolute Gasteiger partial charge is 0.126 e. The lowest BCUT2D eigenvalue weighted by atomic mass is 10.4. The van der Waals surface area contributed by atoms with Gasteiger partial charge in [0.2, 0.25) is 0 Å². The Morgan fingerprint density at radius 3 is 2.62 bits per heavy atom. The van der Waals surface area contributed by atoms with Gasteiger partial charge in [0.1, 0.15) is 0 Å². The van der Waals surface area contributed by atoms with Gasteiger partial charge in [-0.3, -0.25) is 0 Å². The SMILES string of the molecule is C/C=C\C=C/CCCl. The molecule has 0 aromatic carbocycles. The zero-order valence-electron chi connectivity index (χ0n) is 5.10. The van der Waals surface area contributed by atoms with Gasteiger partial charge in [0.25, 0.3) is 0 Å². The van der Waals surface area contributed by atoms with Gasteiger partial charge >= 0.3 is 0 Å². The molecule has 0 unspecified atom stereocenters. The van der Waals surface area contributed by atoms with Gasteiger partial charge in [-0.25, -0.2) is 0 Å². The summed E-state index contributed by atoms with van der Waals surface area (Å²) in [6.45, 7) is 1.99. The van der Waals surface area contributed by atoms with Crippen LogP contribution in [0.5, 0.6) is 0 Å². The number of hydrogen-bond donors (Lipinski definition) is 0. The first kappa shape index (κ1) is 7.77. The van der Waals surface area contributed by atoms with E-state index in [9.17, 15) is 0 Å². The minimum atomic E-state index is 0.716. The molecule has 46 valence electrons. The quantitative estimate of drug-likeness (QED) is 0.407. The third kappa shape index (κ3) is 5.77. The molecule has 8 heavy (non-hydrogen) atoms. The van der Waals surface area contributed by atoms with Gasteiger partial charge in [-0.15, -0.1) is 11.6 Å². The Morgan fingerprint density at radius 2 is 2.12 bits per heavy atom. The first-order chi connectivity index (χ1) is 3.91. The van der Waals surface area contributed by atoms with Crippen LogP contribution in [0, 0.1) is 0 Å². The van der Waals surface area contributed by atoms with E-state index in [1.54, 1.807) is 0 Å². The van der Waals surface area contributed by atoms with E-state index >= 15 is 0 Å². The zero-order chi connectivity index (χ0) is 6.24. The Labute approximate surface area is 55.9 Å². The first-order valence-corrected chi connectivity index (χ1v) is 3.29. The Bertz CT molecular complexity index is 82.4. The van der Waals surface area contributed by atoms with Crippen molar-refractivity contribution in [1.82, 2.24) is 0 Å². The second-order valence-electron chi connectivity index (χ2n) is 1.43. The topological polar surface area (TPSA) is 0 Å². The van der Waals surface area contributed by atoms with Gasteiger partial charge in [-0.2, -0.15) is 0 Å². The van der Waals surface area contributed by atoms with Crippen LogP contribution in [0.3, 0.4) is 0 Å². The van der Waals surface area contributed by atoms with Crippen LogP contribution in [-0.4, -0.2) is 5.88 Å². The molecule has 0 radical (unpaired) electrons. The Balaban J connectivity index is 3.07. The average Bonchev–Trinajstić information content (AvgIpc) is 1.81. The molecule has 0 saturated carbocycles. The van der Waals surface area contributed by atoms with Crippen LogP contribution in [-0.2, 0) is 0 Å². The Kier molecular flexibility index (Phi) is 6.58. The zero-order valence-corrected chi connectivity index (χ0v) is 5.86. The van der Waals surface area contributed by atoms with E-state index in [1.165, 1.54) is 0 Å². The molecule has 0 bridgehead atoms. The average molecular weight is 131 g/mol. The van der Waals surface area contributed by atoms with Crippen LogP contribution in [0.1, 0.15) is 13.3 Å². The van der Waals surface area contributed by atoms with E-state index < -0.39 is 0 Å². The summed E-state index contributed by atoms with van der Waals surface area (Å²) >= 11 is 5.41. The van der Waals surface area contributed by atoms with Crippen LogP contribution in [0.15, 0.2) is 24.3 Å². The molecule has 0 aromatic rings. The summed E-state index contributed by atoms with van der Waals surface area (Å²) in [6.07, 6.45) is 9.00. The van der Waals surface area contributed by atoms with Crippen molar-refractivity contribution in [2.75, 3.05) is 5.88 Å². The van der Waals surface area contributed by atoms with Crippen molar-refractivity contribution in [1.29, 1.82) is 0 Å². The number of alkyl halides is 1. The van der Waals surface area contributed by atoms with Gasteiger partial charge in [0.15, 0.2) is 0 Å². The third-order valence-corrected chi connectivity index (χ3v) is 0.934. The number of rotatable bonds is 3. The molecule has 0 saturated heterocycles. The molecule has 0 fully saturated rings. The maximum atomic E-state index is 5.41. The van der Waals surface area contributed by atoms with Gasteiger partial charge < -0.3 is 0 Å². The van der Waals surface area contributed by atoms with Gasteiger partial charge in [-0.1, -0.05) is 24.3 Å². The fourth-order valence-corrected chi connectivity index (χ4v) is 0.475. The number of hydrogen-bond acceptors (Lipinski definition) is 0. The summed E-state index contributed by atoms with van der Waals surface area (Å²) in [6, 6.07) is 0. The molecule has 0 heterocycles. The molecule has 0 atom stereocenters. The minimum Gasteiger partial charge on any atom is -0.126 e. The fraction of sp³-hybridized carbons (Fsp3) is 0.429. The summed E-state index contributed by atoms with van der Waals surface area (Å²) < 4.78 is 0. The molecule has 0 aliphatic carbocycles. The van der Waals surface area contributed by atoms with Crippen molar-refractivity contribution in [2.24, 2.45) is 0 Å². The van der Waals surface area contributed by atoms with Crippen LogP contribution >= 0.6 is 11.6 Å². The minimum absolute atomic E-state index is 0.716. The smallest absolute Gasteiger partial charge is 0.0258 e. The lowest BCUT2D eigenvalue weighted by Gasteiger charge is -1.76. The number of allylic oxidation sites excluding steroid dienone is 4. The van der Waals surface area contributed by atoms with Crippen molar-refractivity contribution in [3.05, 3.63) is 24.3 Å². The second kappa shape index (κ2) is 6.77. The van der Waals surface area contributed by atoms with Crippen LogP contribution in [0.4, 0.5) is 0 Å². The third-order valence-electron chi connectivity index (χ3n) is 0.715. The molecular formula is C7H11Cl. The maximum absolute atomic E-state index is 5.41. The standard InChI is InChI=1S/C7H11Cl/c1-2-3-4-5-6-7-8/h2-5H,6-7H2,1H3/b3-2-,5-4-. The van der Waals surface area contributed by atoms with Crippen LogP contribution in [0.2, 0.25) is 0 Å².